The Morgan fingerprint density at radius 3 is 2.67 bits per heavy atom. The molecule has 118 valence electrons. The Hall–Kier alpha value is -1.49. The van der Waals surface area contributed by atoms with Crippen molar-refractivity contribution in [2.75, 3.05) is 30.8 Å². The average molecular weight is 296 g/mol. The smallest absolute Gasteiger partial charge is 0.167 e. The van der Waals surface area contributed by atoms with E-state index in [0.29, 0.717) is 24.5 Å². The van der Waals surface area contributed by atoms with Gasteiger partial charge in [0.25, 0.3) is 0 Å². The molecule has 0 saturated heterocycles. The van der Waals surface area contributed by atoms with Crippen molar-refractivity contribution in [2.45, 2.75) is 39.0 Å². The van der Waals surface area contributed by atoms with E-state index >= 15 is 0 Å². The zero-order valence-corrected chi connectivity index (χ0v) is 12.6. The largest absolute Gasteiger partial charge is 0.491 e. The maximum absolute atomic E-state index is 13.7. The highest BCUT2D eigenvalue weighted by atomic mass is 19.1. The quantitative estimate of drug-likeness (QED) is 0.705. The van der Waals surface area contributed by atoms with Crippen LogP contribution in [0.1, 0.15) is 39.0 Å². The Kier molecular flexibility index (Phi) is 5.28. The lowest BCUT2D eigenvalue weighted by Gasteiger charge is -2.36. The maximum Gasteiger partial charge on any atom is 0.167 e. The first-order valence-corrected chi connectivity index (χ1v) is 7.67. The van der Waals surface area contributed by atoms with Gasteiger partial charge in [-0.15, -0.1) is 0 Å². The lowest BCUT2D eigenvalue weighted by Crippen LogP contribution is -2.35. The first-order valence-electron chi connectivity index (χ1n) is 7.67. The molecule has 1 aliphatic carbocycles. The molecule has 1 fully saturated rings. The Bertz CT molecular complexity index is 474. The molecule has 0 aliphatic heterocycles. The molecular formula is C16H25FN2O2. The molecule has 5 heteroatoms. The van der Waals surface area contributed by atoms with E-state index < -0.39 is 5.82 Å². The second kappa shape index (κ2) is 6.98. The highest BCUT2D eigenvalue weighted by Gasteiger charge is 2.31. The fourth-order valence-corrected chi connectivity index (χ4v) is 2.96. The van der Waals surface area contributed by atoms with Crippen LogP contribution in [-0.4, -0.2) is 24.9 Å². The molecule has 2 rings (SSSR count). The summed E-state index contributed by atoms with van der Waals surface area (Å²) in [5.41, 5.74) is 6.80. The van der Waals surface area contributed by atoms with Gasteiger partial charge < -0.3 is 20.9 Å². The maximum atomic E-state index is 13.7. The summed E-state index contributed by atoms with van der Waals surface area (Å²) in [6.07, 6.45) is 5.54. The Balaban J connectivity index is 2.09. The average Bonchev–Trinajstić information content (AvgIpc) is 2.50. The number of aliphatic hydroxyl groups excluding tert-OH is 1. The van der Waals surface area contributed by atoms with E-state index in [1.54, 1.807) is 6.07 Å². The van der Waals surface area contributed by atoms with Gasteiger partial charge in [-0.25, -0.2) is 4.39 Å². The molecule has 0 amide bonds. The van der Waals surface area contributed by atoms with E-state index in [9.17, 15) is 9.50 Å². The SMILES string of the molecule is CCOc1cc(NCC2(CO)CCCCC2)c(N)cc1F. The number of rotatable bonds is 6. The Morgan fingerprint density at radius 2 is 2.05 bits per heavy atom. The van der Waals surface area contributed by atoms with Crippen molar-refractivity contribution in [1.82, 2.24) is 0 Å². The number of hydrogen-bond donors (Lipinski definition) is 3. The van der Waals surface area contributed by atoms with Gasteiger partial charge in [0.05, 0.1) is 24.6 Å². The molecule has 0 heterocycles. The molecular weight excluding hydrogens is 271 g/mol. The third-order valence-electron chi connectivity index (χ3n) is 4.31. The van der Waals surface area contributed by atoms with E-state index in [-0.39, 0.29) is 17.8 Å². The van der Waals surface area contributed by atoms with Crippen LogP contribution in [0.3, 0.4) is 0 Å². The van der Waals surface area contributed by atoms with E-state index in [1.807, 2.05) is 6.92 Å². The molecule has 1 aromatic carbocycles. The van der Waals surface area contributed by atoms with Crippen LogP contribution in [0, 0.1) is 11.2 Å². The minimum absolute atomic E-state index is 0.0924. The van der Waals surface area contributed by atoms with Crippen LogP contribution in [0.4, 0.5) is 15.8 Å². The summed E-state index contributed by atoms with van der Waals surface area (Å²) in [5, 5.41) is 13.0. The number of ether oxygens (including phenoxy) is 1. The monoisotopic (exact) mass is 296 g/mol. The number of hydrogen-bond acceptors (Lipinski definition) is 4. The highest BCUT2D eigenvalue weighted by Crippen LogP contribution is 2.37. The summed E-state index contributed by atoms with van der Waals surface area (Å²) in [6, 6.07) is 2.88. The standard InChI is InChI=1S/C16H25FN2O2/c1-2-21-15-9-14(13(18)8-12(15)17)19-10-16(11-20)6-4-3-5-7-16/h8-9,19-20H,2-7,10-11,18H2,1H3. The topological polar surface area (TPSA) is 67.5 Å². The summed E-state index contributed by atoms with van der Waals surface area (Å²) >= 11 is 0. The number of halogens is 1. The summed E-state index contributed by atoms with van der Waals surface area (Å²) in [6.45, 7) is 3.02. The molecule has 0 bridgehead atoms. The van der Waals surface area contributed by atoms with Crippen molar-refractivity contribution < 1.29 is 14.2 Å². The van der Waals surface area contributed by atoms with Gasteiger partial charge in [-0.1, -0.05) is 19.3 Å². The van der Waals surface area contributed by atoms with E-state index in [0.717, 1.165) is 25.7 Å². The van der Waals surface area contributed by atoms with Crippen LogP contribution in [0.25, 0.3) is 0 Å². The molecule has 4 nitrogen and oxygen atoms in total. The van der Waals surface area contributed by atoms with Gasteiger partial charge in [0.2, 0.25) is 0 Å². The molecule has 0 atom stereocenters. The number of aliphatic hydroxyl groups is 1. The Labute approximate surface area is 125 Å². The van der Waals surface area contributed by atoms with Gasteiger partial charge in [-0.05, 0) is 19.8 Å². The van der Waals surface area contributed by atoms with Gasteiger partial charge in [0.1, 0.15) is 0 Å². The van der Waals surface area contributed by atoms with Gasteiger partial charge in [0.15, 0.2) is 11.6 Å². The molecule has 21 heavy (non-hydrogen) atoms. The molecule has 0 aromatic heterocycles. The lowest BCUT2D eigenvalue weighted by atomic mass is 9.74. The van der Waals surface area contributed by atoms with Crippen LogP contribution in [0.5, 0.6) is 5.75 Å². The number of nitrogen functional groups attached to an aromatic ring is 1. The zero-order chi connectivity index (χ0) is 15.3. The van der Waals surface area contributed by atoms with E-state index in [1.165, 1.54) is 12.5 Å². The van der Waals surface area contributed by atoms with Crippen molar-refractivity contribution in [3.63, 3.8) is 0 Å². The molecule has 1 aliphatic rings. The summed E-state index contributed by atoms with van der Waals surface area (Å²) in [5.74, 6) is -0.245. The predicted octanol–water partition coefficient (Wildman–Crippen LogP) is 3.16. The number of benzene rings is 1. The minimum atomic E-state index is -0.450. The molecule has 0 unspecified atom stereocenters. The second-order valence-electron chi connectivity index (χ2n) is 5.88. The van der Waals surface area contributed by atoms with E-state index in [4.69, 9.17) is 10.5 Å². The number of anilines is 2. The van der Waals surface area contributed by atoms with Gasteiger partial charge >= 0.3 is 0 Å². The third kappa shape index (κ3) is 3.79. The van der Waals surface area contributed by atoms with Crippen molar-refractivity contribution >= 4 is 11.4 Å². The van der Waals surface area contributed by atoms with Crippen LogP contribution in [-0.2, 0) is 0 Å². The minimum Gasteiger partial charge on any atom is -0.491 e. The van der Waals surface area contributed by atoms with Gasteiger partial charge in [-0.3, -0.25) is 0 Å². The molecule has 0 spiro atoms. The first kappa shape index (κ1) is 15.9. The summed E-state index contributed by atoms with van der Waals surface area (Å²) in [7, 11) is 0. The van der Waals surface area contributed by atoms with Crippen LogP contribution in [0.2, 0.25) is 0 Å². The molecule has 1 aromatic rings. The van der Waals surface area contributed by atoms with Crippen LogP contribution < -0.4 is 15.8 Å². The second-order valence-corrected chi connectivity index (χ2v) is 5.88. The Morgan fingerprint density at radius 1 is 1.33 bits per heavy atom. The van der Waals surface area contributed by atoms with Crippen molar-refractivity contribution in [3.8, 4) is 5.75 Å². The first-order chi connectivity index (χ1) is 10.1. The highest BCUT2D eigenvalue weighted by molar-refractivity contribution is 5.68. The lowest BCUT2D eigenvalue weighted by molar-refractivity contribution is 0.0944. The number of nitrogens with one attached hydrogen (secondary N) is 1. The molecule has 1 saturated carbocycles. The zero-order valence-electron chi connectivity index (χ0n) is 12.6. The van der Waals surface area contributed by atoms with Crippen molar-refractivity contribution in [3.05, 3.63) is 17.9 Å². The van der Waals surface area contributed by atoms with Gasteiger partial charge in [-0.2, -0.15) is 0 Å². The fraction of sp³-hybridized carbons (Fsp3) is 0.625. The molecule has 0 radical (unpaired) electrons. The third-order valence-corrected chi connectivity index (χ3v) is 4.31. The summed E-state index contributed by atoms with van der Waals surface area (Å²) in [4.78, 5) is 0. The number of nitrogens with two attached hydrogens (primary N) is 1. The van der Waals surface area contributed by atoms with Gasteiger partial charge in [0, 0.05) is 24.1 Å². The van der Waals surface area contributed by atoms with Crippen LogP contribution in [0.15, 0.2) is 12.1 Å². The van der Waals surface area contributed by atoms with Crippen molar-refractivity contribution in [2.24, 2.45) is 5.41 Å². The predicted molar refractivity (Wildman–Crippen MR) is 83.1 cm³/mol. The normalized spacial score (nSPS) is 17.5. The van der Waals surface area contributed by atoms with Crippen molar-refractivity contribution in [1.29, 1.82) is 0 Å². The summed E-state index contributed by atoms with van der Waals surface area (Å²) < 4.78 is 18.9. The fourth-order valence-electron chi connectivity index (χ4n) is 2.96. The van der Waals surface area contributed by atoms with Crippen LogP contribution >= 0.6 is 0 Å². The molecule has 4 N–H and O–H groups in total. The van der Waals surface area contributed by atoms with E-state index in [2.05, 4.69) is 5.32 Å².